The van der Waals surface area contributed by atoms with Crippen LogP contribution in [0.1, 0.15) is 10.4 Å². The fourth-order valence-electron chi connectivity index (χ4n) is 1.25. The van der Waals surface area contributed by atoms with Gasteiger partial charge in [-0.25, -0.2) is 0 Å². The standard InChI is InChI=1S/C10H5N3S/c11-4-7-1-6-2-8(5-12)14-10(6)3-9(7)13/h1-3H,13H2. The molecule has 0 fully saturated rings. The van der Waals surface area contributed by atoms with Gasteiger partial charge in [0.15, 0.2) is 0 Å². The minimum atomic E-state index is 0.458. The molecule has 0 aliphatic heterocycles. The van der Waals surface area contributed by atoms with Crippen molar-refractivity contribution in [2.45, 2.75) is 0 Å². The summed E-state index contributed by atoms with van der Waals surface area (Å²) in [6.45, 7) is 0. The van der Waals surface area contributed by atoms with Gasteiger partial charge in [-0.1, -0.05) is 0 Å². The van der Waals surface area contributed by atoms with Crippen molar-refractivity contribution < 1.29 is 0 Å². The molecule has 14 heavy (non-hydrogen) atoms. The molecule has 0 bridgehead atoms. The van der Waals surface area contributed by atoms with E-state index < -0.39 is 0 Å². The fourth-order valence-corrected chi connectivity index (χ4v) is 2.14. The summed E-state index contributed by atoms with van der Waals surface area (Å²) in [5, 5.41) is 18.3. The van der Waals surface area contributed by atoms with Gasteiger partial charge < -0.3 is 5.73 Å². The molecule has 66 valence electrons. The van der Waals surface area contributed by atoms with Crippen molar-refractivity contribution in [1.82, 2.24) is 0 Å². The van der Waals surface area contributed by atoms with Crippen molar-refractivity contribution in [3.63, 3.8) is 0 Å². The van der Waals surface area contributed by atoms with Crippen LogP contribution in [0.4, 0.5) is 5.69 Å². The number of thiophene rings is 1. The number of anilines is 1. The largest absolute Gasteiger partial charge is 0.398 e. The van der Waals surface area contributed by atoms with E-state index in [0.29, 0.717) is 16.1 Å². The Balaban J connectivity index is 2.79. The van der Waals surface area contributed by atoms with Crippen LogP contribution in [0.15, 0.2) is 18.2 Å². The quantitative estimate of drug-likeness (QED) is 0.661. The number of hydrogen-bond acceptors (Lipinski definition) is 4. The van der Waals surface area contributed by atoms with Crippen molar-refractivity contribution in [2.24, 2.45) is 0 Å². The number of rotatable bonds is 0. The first-order valence-corrected chi connectivity index (χ1v) is 4.69. The fraction of sp³-hybridized carbons (Fsp3) is 0. The van der Waals surface area contributed by atoms with Gasteiger partial charge in [0.2, 0.25) is 0 Å². The Morgan fingerprint density at radius 2 is 1.93 bits per heavy atom. The summed E-state index contributed by atoms with van der Waals surface area (Å²) < 4.78 is 0.943. The molecule has 0 atom stereocenters. The Morgan fingerprint density at radius 1 is 1.14 bits per heavy atom. The molecule has 0 aliphatic rings. The van der Waals surface area contributed by atoms with E-state index in [2.05, 4.69) is 6.07 Å². The van der Waals surface area contributed by atoms with Gasteiger partial charge in [0.25, 0.3) is 0 Å². The lowest BCUT2D eigenvalue weighted by atomic mass is 10.1. The van der Waals surface area contributed by atoms with Crippen LogP contribution in [0.3, 0.4) is 0 Å². The Morgan fingerprint density at radius 3 is 2.57 bits per heavy atom. The van der Waals surface area contributed by atoms with E-state index in [0.717, 1.165) is 10.1 Å². The molecular formula is C10H5N3S. The van der Waals surface area contributed by atoms with Crippen LogP contribution >= 0.6 is 11.3 Å². The van der Waals surface area contributed by atoms with Gasteiger partial charge in [-0.2, -0.15) is 10.5 Å². The lowest BCUT2D eigenvalue weighted by Gasteiger charge is -1.95. The molecule has 2 rings (SSSR count). The van der Waals surface area contributed by atoms with Gasteiger partial charge in [0.05, 0.1) is 11.3 Å². The minimum Gasteiger partial charge on any atom is -0.398 e. The van der Waals surface area contributed by atoms with E-state index in [1.165, 1.54) is 11.3 Å². The zero-order chi connectivity index (χ0) is 10.1. The lowest BCUT2D eigenvalue weighted by molar-refractivity contribution is 1.50. The highest BCUT2D eigenvalue weighted by Crippen LogP contribution is 2.28. The van der Waals surface area contributed by atoms with Gasteiger partial charge >= 0.3 is 0 Å². The van der Waals surface area contributed by atoms with Gasteiger partial charge in [-0.15, -0.1) is 11.3 Å². The number of nitrogens with two attached hydrogens (primary N) is 1. The molecule has 0 amide bonds. The maximum atomic E-state index is 8.75. The number of benzene rings is 1. The molecule has 2 aromatic rings. The molecule has 2 N–H and O–H groups in total. The van der Waals surface area contributed by atoms with Crippen molar-refractivity contribution in [3.05, 3.63) is 28.6 Å². The third kappa shape index (κ3) is 1.19. The maximum absolute atomic E-state index is 8.75. The van der Waals surface area contributed by atoms with Crippen LogP contribution in [0.5, 0.6) is 0 Å². The SMILES string of the molecule is N#Cc1cc2cc(C#N)c(N)cc2s1. The molecule has 0 aliphatic carbocycles. The molecular weight excluding hydrogens is 194 g/mol. The first kappa shape index (κ1) is 8.55. The monoisotopic (exact) mass is 199 g/mol. The Labute approximate surface area is 84.6 Å². The first-order valence-electron chi connectivity index (χ1n) is 3.88. The van der Waals surface area contributed by atoms with E-state index in [9.17, 15) is 0 Å². The van der Waals surface area contributed by atoms with Gasteiger partial charge in [-0.3, -0.25) is 0 Å². The van der Waals surface area contributed by atoms with Crippen LogP contribution in [0, 0.1) is 22.7 Å². The maximum Gasteiger partial charge on any atom is 0.110 e. The molecule has 1 heterocycles. The van der Waals surface area contributed by atoms with Crippen LogP contribution in [-0.2, 0) is 0 Å². The Bertz CT molecular complexity index is 584. The van der Waals surface area contributed by atoms with E-state index in [1.54, 1.807) is 18.2 Å². The number of fused-ring (bicyclic) bond motifs is 1. The zero-order valence-corrected chi connectivity index (χ0v) is 7.93. The molecule has 0 saturated heterocycles. The van der Waals surface area contributed by atoms with Gasteiger partial charge in [0, 0.05) is 4.70 Å². The highest BCUT2D eigenvalue weighted by molar-refractivity contribution is 7.19. The topological polar surface area (TPSA) is 73.6 Å². The van der Waals surface area contributed by atoms with Gasteiger partial charge in [0.1, 0.15) is 17.0 Å². The third-order valence-corrected chi connectivity index (χ3v) is 2.92. The number of nitriles is 2. The van der Waals surface area contributed by atoms with Crippen molar-refractivity contribution >= 4 is 27.1 Å². The second-order valence-corrected chi connectivity index (χ2v) is 3.90. The van der Waals surface area contributed by atoms with Crippen molar-refractivity contribution in [2.75, 3.05) is 5.73 Å². The second-order valence-electron chi connectivity index (χ2n) is 2.81. The summed E-state index contributed by atoms with van der Waals surface area (Å²) in [5.41, 5.74) is 6.57. The highest BCUT2D eigenvalue weighted by Gasteiger charge is 2.05. The molecule has 0 saturated carbocycles. The predicted molar refractivity (Wildman–Crippen MR) is 55.7 cm³/mol. The average molecular weight is 199 g/mol. The molecule has 3 nitrogen and oxygen atoms in total. The smallest absolute Gasteiger partial charge is 0.110 e. The molecule has 4 heteroatoms. The first-order chi connectivity index (χ1) is 6.74. The van der Waals surface area contributed by atoms with E-state index >= 15 is 0 Å². The molecule has 1 aromatic carbocycles. The molecule has 0 spiro atoms. The van der Waals surface area contributed by atoms with Crippen LogP contribution < -0.4 is 5.73 Å². The molecule has 1 aromatic heterocycles. The minimum absolute atomic E-state index is 0.458. The Kier molecular flexibility index (Phi) is 1.85. The number of nitrogen functional groups attached to an aromatic ring is 1. The van der Waals surface area contributed by atoms with E-state index in [-0.39, 0.29) is 0 Å². The summed E-state index contributed by atoms with van der Waals surface area (Å²) in [7, 11) is 0. The number of hydrogen-bond donors (Lipinski definition) is 1. The summed E-state index contributed by atoms with van der Waals surface area (Å²) in [4.78, 5) is 0.634. The van der Waals surface area contributed by atoms with Gasteiger partial charge in [-0.05, 0) is 23.6 Å². The Hall–Kier alpha value is -2.04. The summed E-state index contributed by atoms with van der Waals surface area (Å²) in [6, 6.07) is 9.29. The van der Waals surface area contributed by atoms with Crippen molar-refractivity contribution in [1.29, 1.82) is 10.5 Å². The molecule has 0 radical (unpaired) electrons. The van der Waals surface area contributed by atoms with Crippen LogP contribution in [-0.4, -0.2) is 0 Å². The zero-order valence-electron chi connectivity index (χ0n) is 7.11. The van der Waals surface area contributed by atoms with E-state index in [4.69, 9.17) is 16.3 Å². The number of nitrogens with zero attached hydrogens (tertiary/aromatic N) is 2. The second kappa shape index (κ2) is 3.02. The van der Waals surface area contributed by atoms with Crippen LogP contribution in [0.25, 0.3) is 10.1 Å². The highest BCUT2D eigenvalue weighted by atomic mass is 32.1. The third-order valence-electron chi connectivity index (χ3n) is 1.92. The van der Waals surface area contributed by atoms with E-state index in [1.807, 2.05) is 6.07 Å². The van der Waals surface area contributed by atoms with Crippen LogP contribution in [0.2, 0.25) is 0 Å². The predicted octanol–water partition coefficient (Wildman–Crippen LogP) is 2.23. The normalized spacial score (nSPS) is 9.57. The summed E-state index contributed by atoms with van der Waals surface area (Å²) in [5.74, 6) is 0. The summed E-state index contributed by atoms with van der Waals surface area (Å²) in [6.07, 6.45) is 0. The average Bonchev–Trinajstić information content (AvgIpc) is 2.58. The summed E-state index contributed by atoms with van der Waals surface area (Å²) >= 11 is 1.38. The van der Waals surface area contributed by atoms with Crippen molar-refractivity contribution in [3.8, 4) is 12.1 Å². The lowest BCUT2D eigenvalue weighted by Crippen LogP contribution is -1.88. The molecule has 0 unspecified atom stereocenters.